The summed E-state index contributed by atoms with van der Waals surface area (Å²) in [6.07, 6.45) is 8.98. The highest BCUT2D eigenvalue weighted by atomic mass is 16.2. The van der Waals surface area contributed by atoms with E-state index in [1.54, 1.807) is 0 Å². The van der Waals surface area contributed by atoms with Gasteiger partial charge < -0.3 is 9.88 Å². The number of piperidine rings is 3. The first-order valence-electron chi connectivity index (χ1n) is 8.77. The summed E-state index contributed by atoms with van der Waals surface area (Å²) in [7, 11) is 1.92. The van der Waals surface area contributed by atoms with E-state index in [-0.39, 0.29) is 11.9 Å². The van der Waals surface area contributed by atoms with Gasteiger partial charge in [0.15, 0.2) is 0 Å². The van der Waals surface area contributed by atoms with Crippen LogP contribution in [0.4, 0.5) is 0 Å². The van der Waals surface area contributed by atoms with Crippen LogP contribution in [0.25, 0.3) is 0 Å². The number of nitrogens with one attached hydrogen (secondary N) is 1. The van der Waals surface area contributed by atoms with E-state index in [0.717, 1.165) is 25.2 Å². The first-order valence-corrected chi connectivity index (χ1v) is 8.77. The SMILES string of the molecule is Cn1cccc1C(=O)N[C@@H]1C2CCN(CC2)[C@H]1Cc1cccnc1. The Kier molecular flexibility index (Phi) is 4.10. The van der Waals surface area contributed by atoms with Crippen LogP contribution in [0.1, 0.15) is 28.9 Å². The highest BCUT2D eigenvalue weighted by molar-refractivity contribution is 5.93. The normalized spacial score (nSPS) is 28.7. The van der Waals surface area contributed by atoms with Crippen LogP contribution >= 0.6 is 0 Å². The molecule has 2 atom stereocenters. The predicted molar refractivity (Wildman–Crippen MR) is 92.7 cm³/mol. The van der Waals surface area contributed by atoms with E-state index >= 15 is 0 Å². The summed E-state index contributed by atoms with van der Waals surface area (Å²) in [5, 5.41) is 3.34. The Morgan fingerprint density at radius 3 is 2.79 bits per heavy atom. The summed E-state index contributed by atoms with van der Waals surface area (Å²) in [5.41, 5.74) is 1.97. The molecule has 5 nitrogen and oxygen atoms in total. The molecular formula is C19H24N4O. The molecule has 3 saturated heterocycles. The van der Waals surface area contributed by atoms with Gasteiger partial charge in [-0.2, -0.15) is 0 Å². The van der Waals surface area contributed by atoms with Crippen LogP contribution in [0.2, 0.25) is 0 Å². The molecule has 0 aromatic carbocycles. The summed E-state index contributed by atoms with van der Waals surface area (Å²) < 4.78 is 1.88. The van der Waals surface area contributed by atoms with Gasteiger partial charge in [-0.3, -0.25) is 14.7 Å². The van der Waals surface area contributed by atoms with Gasteiger partial charge in [0.2, 0.25) is 0 Å². The number of hydrogen-bond acceptors (Lipinski definition) is 3. The molecule has 1 N–H and O–H groups in total. The first-order chi connectivity index (χ1) is 11.7. The third-order valence-corrected chi connectivity index (χ3v) is 5.61. The van der Waals surface area contributed by atoms with Gasteiger partial charge in [-0.1, -0.05) is 6.07 Å². The van der Waals surface area contributed by atoms with E-state index < -0.39 is 0 Å². The third kappa shape index (κ3) is 2.84. The van der Waals surface area contributed by atoms with Crippen LogP contribution in [0, 0.1) is 5.92 Å². The van der Waals surface area contributed by atoms with Crippen molar-refractivity contribution in [3.8, 4) is 0 Å². The lowest BCUT2D eigenvalue weighted by molar-refractivity contribution is 0.0134. The lowest BCUT2D eigenvalue weighted by Gasteiger charge is -2.51. The monoisotopic (exact) mass is 324 g/mol. The Labute approximate surface area is 142 Å². The number of nitrogens with zero attached hydrogens (tertiary/aromatic N) is 3. The molecule has 0 unspecified atom stereocenters. The first kappa shape index (κ1) is 15.4. The van der Waals surface area contributed by atoms with Crippen LogP contribution in [0.15, 0.2) is 42.9 Å². The number of rotatable bonds is 4. The Balaban J connectivity index is 1.54. The number of fused-ring (bicyclic) bond motifs is 3. The van der Waals surface area contributed by atoms with Gasteiger partial charge in [-0.15, -0.1) is 0 Å². The van der Waals surface area contributed by atoms with Gasteiger partial charge in [0.1, 0.15) is 5.69 Å². The van der Waals surface area contributed by atoms with E-state index in [2.05, 4.69) is 21.3 Å². The molecule has 24 heavy (non-hydrogen) atoms. The van der Waals surface area contributed by atoms with Crippen molar-refractivity contribution in [3.05, 3.63) is 54.1 Å². The molecule has 126 valence electrons. The maximum Gasteiger partial charge on any atom is 0.268 e. The molecule has 0 radical (unpaired) electrons. The second-order valence-electron chi connectivity index (χ2n) is 7.01. The molecule has 5 heteroatoms. The number of carbonyl (C=O) groups excluding carboxylic acids is 1. The van der Waals surface area contributed by atoms with E-state index in [1.807, 2.05) is 48.4 Å². The molecular weight excluding hydrogens is 300 g/mol. The molecule has 5 heterocycles. The quantitative estimate of drug-likeness (QED) is 0.934. The van der Waals surface area contributed by atoms with Crippen molar-refractivity contribution in [2.75, 3.05) is 13.1 Å². The standard InChI is InChI=1S/C19H24N4O/c1-22-9-3-5-16(22)19(24)21-18-15-6-10-23(11-7-15)17(18)12-14-4-2-8-20-13-14/h2-5,8-9,13,15,17-18H,6-7,10-12H2,1H3,(H,21,24)/t17-,18+/m0/s1. The van der Waals surface area contributed by atoms with Crippen LogP contribution in [-0.4, -0.2) is 45.5 Å². The number of carbonyl (C=O) groups is 1. The van der Waals surface area contributed by atoms with Crippen LogP contribution in [0.3, 0.4) is 0 Å². The van der Waals surface area contributed by atoms with Crippen molar-refractivity contribution in [2.24, 2.45) is 13.0 Å². The summed E-state index contributed by atoms with van der Waals surface area (Å²) >= 11 is 0. The van der Waals surface area contributed by atoms with E-state index in [1.165, 1.54) is 18.4 Å². The smallest absolute Gasteiger partial charge is 0.268 e. The number of aryl methyl sites for hydroxylation is 1. The maximum atomic E-state index is 12.7. The molecule has 0 aliphatic carbocycles. The fraction of sp³-hybridized carbons (Fsp3) is 0.474. The number of hydrogen-bond donors (Lipinski definition) is 1. The van der Waals surface area contributed by atoms with Gasteiger partial charge in [0, 0.05) is 37.7 Å². The average molecular weight is 324 g/mol. The van der Waals surface area contributed by atoms with Crippen LogP contribution in [-0.2, 0) is 13.5 Å². The third-order valence-electron chi connectivity index (χ3n) is 5.61. The second-order valence-corrected chi connectivity index (χ2v) is 7.01. The summed E-state index contributed by atoms with van der Waals surface area (Å²) in [6.45, 7) is 2.29. The number of amides is 1. The molecule has 2 aromatic heterocycles. The molecule has 3 aliphatic rings. The minimum absolute atomic E-state index is 0.0393. The van der Waals surface area contributed by atoms with Crippen LogP contribution < -0.4 is 5.32 Å². The predicted octanol–water partition coefficient (Wildman–Crippen LogP) is 1.86. The number of aromatic nitrogens is 2. The lowest BCUT2D eigenvalue weighted by Crippen LogP contribution is -2.64. The van der Waals surface area contributed by atoms with Gasteiger partial charge in [-0.25, -0.2) is 0 Å². The van der Waals surface area contributed by atoms with E-state index in [0.29, 0.717) is 12.0 Å². The molecule has 2 bridgehead atoms. The molecule has 1 amide bonds. The molecule has 3 fully saturated rings. The van der Waals surface area contributed by atoms with Crippen molar-refractivity contribution >= 4 is 5.91 Å². The van der Waals surface area contributed by atoms with Gasteiger partial charge in [0.05, 0.1) is 0 Å². The molecule has 5 rings (SSSR count). The Morgan fingerprint density at radius 1 is 1.29 bits per heavy atom. The largest absolute Gasteiger partial charge is 0.347 e. The fourth-order valence-electron chi connectivity index (χ4n) is 4.30. The van der Waals surface area contributed by atoms with Crippen molar-refractivity contribution in [1.29, 1.82) is 0 Å². The molecule has 2 aromatic rings. The second kappa shape index (κ2) is 6.40. The summed E-state index contributed by atoms with van der Waals surface area (Å²) in [4.78, 5) is 19.5. The van der Waals surface area contributed by atoms with Crippen molar-refractivity contribution in [3.63, 3.8) is 0 Å². The van der Waals surface area contributed by atoms with Crippen molar-refractivity contribution in [2.45, 2.75) is 31.3 Å². The maximum absolute atomic E-state index is 12.7. The van der Waals surface area contributed by atoms with Gasteiger partial charge in [0.25, 0.3) is 5.91 Å². The fourth-order valence-corrected chi connectivity index (χ4v) is 4.30. The zero-order chi connectivity index (χ0) is 16.5. The summed E-state index contributed by atoms with van der Waals surface area (Å²) in [5.74, 6) is 0.623. The number of pyridine rings is 1. The van der Waals surface area contributed by atoms with E-state index in [4.69, 9.17) is 0 Å². The average Bonchev–Trinajstić information content (AvgIpc) is 3.05. The zero-order valence-electron chi connectivity index (χ0n) is 14.1. The lowest BCUT2D eigenvalue weighted by atomic mass is 9.76. The highest BCUT2D eigenvalue weighted by Crippen LogP contribution is 2.34. The van der Waals surface area contributed by atoms with Crippen molar-refractivity contribution in [1.82, 2.24) is 19.8 Å². The molecule has 3 aliphatic heterocycles. The minimum Gasteiger partial charge on any atom is -0.347 e. The van der Waals surface area contributed by atoms with E-state index in [9.17, 15) is 4.79 Å². The van der Waals surface area contributed by atoms with Crippen molar-refractivity contribution < 1.29 is 4.79 Å². The highest BCUT2D eigenvalue weighted by Gasteiger charge is 2.42. The van der Waals surface area contributed by atoms with Crippen LogP contribution in [0.5, 0.6) is 0 Å². The Bertz CT molecular complexity index is 703. The minimum atomic E-state index is 0.0393. The molecule has 0 spiro atoms. The Hall–Kier alpha value is -2.14. The Morgan fingerprint density at radius 2 is 2.12 bits per heavy atom. The zero-order valence-corrected chi connectivity index (χ0v) is 14.1. The topological polar surface area (TPSA) is 50.2 Å². The summed E-state index contributed by atoms with van der Waals surface area (Å²) in [6, 6.07) is 8.50. The van der Waals surface area contributed by atoms with Gasteiger partial charge >= 0.3 is 0 Å². The van der Waals surface area contributed by atoms with Gasteiger partial charge in [-0.05, 0) is 62.0 Å². The molecule has 0 saturated carbocycles.